The lowest BCUT2D eigenvalue weighted by Gasteiger charge is -2.07. The number of benzene rings is 1. The summed E-state index contributed by atoms with van der Waals surface area (Å²) in [5.41, 5.74) is -0.0154. The van der Waals surface area contributed by atoms with Crippen molar-refractivity contribution in [1.82, 2.24) is 0 Å². The summed E-state index contributed by atoms with van der Waals surface area (Å²) in [7, 11) is 0. The fourth-order valence-corrected chi connectivity index (χ4v) is 1.34. The summed E-state index contributed by atoms with van der Waals surface area (Å²) in [4.78, 5) is 11.4. The second kappa shape index (κ2) is 4.94. The van der Waals surface area contributed by atoms with Gasteiger partial charge in [0.05, 0.1) is 11.6 Å². The molecule has 0 fully saturated rings. The molecular formula is C11H10ClFO2. The fraction of sp³-hybridized carbons (Fsp3) is 0.182. The van der Waals surface area contributed by atoms with E-state index in [4.69, 9.17) is 16.3 Å². The summed E-state index contributed by atoms with van der Waals surface area (Å²) in [5.74, 6) is -1.46. The first kappa shape index (κ1) is 11.7. The Morgan fingerprint density at radius 3 is 2.87 bits per heavy atom. The van der Waals surface area contributed by atoms with Crippen LogP contribution in [0.1, 0.15) is 22.8 Å². The van der Waals surface area contributed by atoms with E-state index in [1.165, 1.54) is 18.2 Å². The minimum atomic E-state index is -0.760. The van der Waals surface area contributed by atoms with Gasteiger partial charge >= 0.3 is 5.97 Å². The highest BCUT2D eigenvalue weighted by Crippen LogP contribution is 2.23. The Kier molecular flexibility index (Phi) is 3.86. The van der Waals surface area contributed by atoms with E-state index in [9.17, 15) is 9.18 Å². The molecule has 0 heterocycles. The van der Waals surface area contributed by atoms with Gasteiger partial charge in [0.25, 0.3) is 0 Å². The predicted molar refractivity (Wildman–Crippen MR) is 57.5 cm³/mol. The molecule has 0 aliphatic heterocycles. The molecule has 0 amide bonds. The smallest absolute Gasteiger partial charge is 0.342 e. The van der Waals surface area contributed by atoms with Crippen molar-refractivity contribution in [2.75, 3.05) is 6.61 Å². The summed E-state index contributed by atoms with van der Waals surface area (Å²) in [5, 5.41) is 0.0385. The Bertz CT molecular complexity index is 402. The summed E-state index contributed by atoms with van der Waals surface area (Å²) in [6.07, 6.45) is 1.31. The molecule has 0 spiro atoms. The molecule has 1 aromatic rings. The first-order valence-corrected chi connectivity index (χ1v) is 4.77. The molecule has 0 unspecified atom stereocenters. The van der Waals surface area contributed by atoms with Gasteiger partial charge in [-0.2, -0.15) is 0 Å². The number of rotatable bonds is 3. The van der Waals surface area contributed by atoms with Crippen LogP contribution in [-0.2, 0) is 4.74 Å². The van der Waals surface area contributed by atoms with Crippen LogP contribution in [0.4, 0.5) is 4.39 Å². The summed E-state index contributed by atoms with van der Waals surface area (Å²) in [6.45, 7) is 5.25. The van der Waals surface area contributed by atoms with Gasteiger partial charge in [0.1, 0.15) is 11.4 Å². The number of hydrogen-bond acceptors (Lipinski definition) is 2. The Hall–Kier alpha value is -1.35. The van der Waals surface area contributed by atoms with Crippen molar-refractivity contribution < 1.29 is 13.9 Å². The van der Waals surface area contributed by atoms with E-state index >= 15 is 0 Å². The van der Waals surface area contributed by atoms with Crippen molar-refractivity contribution in [3.8, 4) is 0 Å². The third-order valence-electron chi connectivity index (χ3n) is 1.82. The van der Waals surface area contributed by atoms with Crippen molar-refractivity contribution in [2.24, 2.45) is 0 Å². The van der Waals surface area contributed by atoms with Crippen molar-refractivity contribution in [3.05, 3.63) is 40.7 Å². The van der Waals surface area contributed by atoms with E-state index in [2.05, 4.69) is 6.58 Å². The molecule has 0 aliphatic carbocycles. The van der Waals surface area contributed by atoms with Crippen molar-refractivity contribution in [2.45, 2.75) is 6.92 Å². The number of carbonyl (C=O) groups is 1. The highest BCUT2D eigenvalue weighted by atomic mass is 35.5. The zero-order chi connectivity index (χ0) is 11.4. The molecule has 1 rings (SSSR count). The first-order valence-electron chi connectivity index (χ1n) is 4.39. The van der Waals surface area contributed by atoms with Gasteiger partial charge in [-0.05, 0) is 13.0 Å². The quantitative estimate of drug-likeness (QED) is 0.742. The normalized spacial score (nSPS) is 9.80. The number of ether oxygens (including phenoxy) is 1. The molecule has 0 N–H and O–H groups in total. The molecule has 0 atom stereocenters. The fourth-order valence-electron chi connectivity index (χ4n) is 1.12. The average Bonchev–Trinajstić information content (AvgIpc) is 2.18. The molecule has 1 aromatic carbocycles. The molecule has 0 aromatic heterocycles. The number of esters is 1. The van der Waals surface area contributed by atoms with E-state index in [1.807, 2.05) is 0 Å². The Morgan fingerprint density at radius 1 is 1.67 bits per heavy atom. The summed E-state index contributed by atoms with van der Waals surface area (Å²) < 4.78 is 18.3. The van der Waals surface area contributed by atoms with Gasteiger partial charge in [0, 0.05) is 5.56 Å². The van der Waals surface area contributed by atoms with Crippen LogP contribution in [0, 0.1) is 5.82 Å². The minimum absolute atomic E-state index is 0.0385. The molecule has 2 nitrogen and oxygen atoms in total. The second-order valence-electron chi connectivity index (χ2n) is 2.75. The van der Waals surface area contributed by atoms with Gasteiger partial charge in [-0.15, -0.1) is 0 Å². The molecule has 0 saturated carbocycles. The third-order valence-corrected chi connectivity index (χ3v) is 2.14. The molecule has 0 radical (unpaired) electrons. The Morgan fingerprint density at radius 2 is 2.33 bits per heavy atom. The van der Waals surface area contributed by atoms with Gasteiger partial charge in [-0.1, -0.05) is 30.3 Å². The minimum Gasteiger partial charge on any atom is -0.462 e. The molecule has 0 saturated heterocycles. The van der Waals surface area contributed by atoms with Gasteiger partial charge in [-0.3, -0.25) is 0 Å². The highest BCUT2D eigenvalue weighted by Gasteiger charge is 2.19. The van der Waals surface area contributed by atoms with E-state index < -0.39 is 11.8 Å². The second-order valence-corrected chi connectivity index (χ2v) is 3.16. The summed E-state index contributed by atoms with van der Waals surface area (Å²) in [6, 6.07) is 2.89. The monoisotopic (exact) mass is 228 g/mol. The Balaban J connectivity index is 3.26. The number of halogens is 2. The van der Waals surface area contributed by atoms with Crippen molar-refractivity contribution in [1.29, 1.82) is 0 Å². The zero-order valence-corrected chi connectivity index (χ0v) is 8.97. The maximum Gasteiger partial charge on any atom is 0.342 e. The number of carbonyl (C=O) groups excluding carboxylic acids is 1. The molecule has 4 heteroatoms. The van der Waals surface area contributed by atoms with Gasteiger partial charge in [0.15, 0.2) is 0 Å². The molecule has 80 valence electrons. The predicted octanol–water partition coefficient (Wildman–Crippen LogP) is 3.30. The molecule has 15 heavy (non-hydrogen) atoms. The maximum absolute atomic E-state index is 13.7. The van der Waals surface area contributed by atoms with Crippen LogP contribution < -0.4 is 0 Å². The van der Waals surface area contributed by atoms with Crippen LogP contribution in [0.25, 0.3) is 6.08 Å². The van der Waals surface area contributed by atoms with Crippen LogP contribution in [0.3, 0.4) is 0 Å². The van der Waals surface area contributed by atoms with Crippen LogP contribution in [-0.4, -0.2) is 12.6 Å². The molecule has 0 aliphatic rings. The van der Waals surface area contributed by atoms with Gasteiger partial charge in [-0.25, -0.2) is 9.18 Å². The van der Waals surface area contributed by atoms with E-state index in [0.29, 0.717) is 0 Å². The van der Waals surface area contributed by atoms with Crippen LogP contribution in [0.15, 0.2) is 18.7 Å². The topological polar surface area (TPSA) is 26.3 Å². The lowest BCUT2D eigenvalue weighted by atomic mass is 10.1. The maximum atomic E-state index is 13.7. The van der Waals surface area contributed by atoms with E-state index in [1.54, 1.807) is 6.92 Å². The highest BCUT2D eigenvalue weighted by molar-refractivity contribution is 6.33. The number of hydrogen-bond donors (Lipinski definition) is 0. The van der Waals surface area contributed by atoms with Crippen molar-refractivity contribution >= 4 is 23.6 Å². The lowest BCUT2D eigenvalue weighted by molar-refractivity contribution is 0.0521. The molecular weight excluding hydrogens is 219 g/mol. The Labute approximate surface area is 92.3 Å². The summed E-state index contributed by atoms with van der Waals surface area (Å²) >= 11 is 5.71. The van der Waals surface area contributed by atoms with Gasteiger partial charge in [0.2, 0.25) is 0 Å². The largest absolute Gasteiger partial charge is 0.462 e. The standard InChI is InChI=1S/C11H10ClFO2/c1-3-7-5-6-8(12)9(10(7)13)11(14)15-4-2/h3,5-6H,1,4H2,2H3. The van der Waals surface area contributed by atoms with E-state index in [-0.39, 0.29) is 22.8 Å². The first-order chi connectivity index (χ1) is 7.11. The van der Waals surface area contributed by atoms with Crippen molar-refractivity contribution in [3.63, 3.8) is 0 Å². The molecule has 0 bridgehead atoms. The van der Waals surface area contributed by atoms with Crippen LogP contribution in [0.2, 0.25) is 5.02 Å². The lowest BCUT2D eigenvalue weighted by Crippen LogP contribution is -2.09. The zero-order valence-electron chi connectivity index (χ0n) is 8.22. The van der Waals surface area contributed by atoms with E-state index in [0.717, 1.165) is 0 Å². The van der Waals surface area contributed by atoms with Crippen LogP contribution in [0.5, 0.6) is 0 Å². The van der Waals surface area contributed by atoms with Crippen LogP contribution >= 0.6 is 11.6 Å². The van der Waals surface area contributed by atoms with Gasteiger partial charge < -0.3 is 4.74 Å². The average molecular weight is 229 g/mol. The third kappa shape index (κ3) is 2.36. The SMILES string of the molecule is C=Cc1ccc(Cl)c(C(=O)OCC)c1F.